The maximum Gasteiger partial charge on any atom is 0.269 e. The fourth-order valence-corrected chi connectivity index (χ4v) is 5.07. The number of nitrogens with one attached hydrogen (secondary N) is 1. The molecule has 3 aromatic carbocycles. The Morgan fingerprint density at radius 3 is 2.13 bits per heavy atom. The quantitative estimate of drug-likeness (QED) is 0.665. The molecular weight excluding hydrogens is 400 g/mol. The number of rotatable bonds is 6. The second-order valence-corrected chi connectivity index (χ2v) is 8.86. The van der Waals surface area contributed by atoms with Crippen molar-refractivity contribution in [3.05, 3.63) is 102 Å². The largest absolute Gasteiger partial charge is 0.347 e. The fourth-order valence-electron chi connectivity index (χ4n) is 3.55. The van der Waals surface area contributed by atoms with Crippen LogP contribution < -0.4 is 5.32 Å². The van der Waals surface area contributed by atoms with E-state index in [4.69, 9.17) is 0 Å². The molecule has 1 aliphatic rings. The van der Waals surface area contributed by atoms with E-state index in [1.165, 1.54) is 12.1 Å². The molecule has 0 aromatic heterocycles. The first kappa shape index (κ1) is 19.8. The molecule has 1 atom stereocenters. The van der Waals surface area contributed by atoms with E-state index in [2.05, 4.69) is 5.32 Å². The van der Waals surface area contributed by atoms with Crippen LogP contribution in [-0.4, -0.2) is 31.1 Å². The first-order valence-corrected chi connectivity index (χ1v) is 10.9. The van der Waals surface area contributed by atoms with Crippen molar-refractivity contribution in [1.82, 2.24) is 9.62 Å². The highest BCUT2D eigenvalue weighted by atomic mass is 32.2. The Balaban J connectivity index is 1.54. The highest BCUT2D eigenvalue weighted by molar-refractivity contribution is 7.90. The van der Waals surface area contributed by atoms with Crippen molar-refractivity contribution in [3.8, 4) is 0 Å². The van der Waals surface area contributed by atoms with Crippen molar-refractivity contribution in [2.45, 2.75) is 17.4 Å². The lowest BCUT2D eigenvalue weighted by molar-refractivity contribution is -0.121. The number of fused-ring (bicyclic) bond motifs is 1. The minimum absolute atomic E-state index is 0.0632. The molecule has 152 valence electrons. The third-order valence-corrected chi connectivity index (χ3v) is 6.81. The van der Waals surface area contributed by atoms with Crippen LogP contribution in [0.15, 0.2) is 89.8 Å². The van der Waals surface area contributed by atoms with E-state index in [9.17, 15) is 18.0 Å². The van der Waals surface area contributed by atoms with Crippen LogP contribution in [0.4, 0.5) is 0 Å². The number of sulfonamides is 1. The summed E-state index contributed by atoms with van der Waals surface area (Å²) in [5, 5.41) is 2.90. The summed E-state index contributed by atoms with van der Waals surface area (Å²) in [5.74, 6) is -1.22. The molecule has 0 bridgehead atoms. The molecule has 0 aliphatic carbocycles. The molecule has 3 aromatic rings. The summed E-state index contributed by atoms with van der Waals surface area (Å²) in [6.07, 6.45) is 0.539. The third-order valence-electron chi connectivity index (χ3n) is 5.02. The molecule has 1 aliphatic heterocycles. The molecule has 0 fully saturated rings. The molecule has 1 heterocycles. The summed E-state index contributed by atoms with van der Waals surface area (Å²) in [5.41, 5.74) is 2.02. The van der Waals surface area contributed by atoms with E-state index in [1.54, 1.807) is 12.1 Å². The lowest BCUT2D eigenvalue weighted by Crippen LogP contribution is -2.42. The van der Waals surface area contributed by atoms with Gasteiger partial charge in [-0.2, -0.15) is 0 Å². The zero-order valence-electron chi connectivity index (χ0n) is 16.1. The molecule has 1 N–H and O–H groups in total. The van der Waals surface area contributed by atoms with Gasteiger partial charge in [0.1, 0.15) is 11.4 Å². The van der Waals surface area contributed by atoms with E-state index in [1.807, 2.05) is 60.7 Å². The maximum absolute atomic E-state index is 12.8. The zero-order valence-corrected chi connectivity index (χ0v) is 16.9. The van der Waals surface area contributed by atoms with E-state index in [0.717, 1.165) is 11.1 Å². The molecular formula is C23H20N2O4S. The van der Waals surface area contributed by atoms with Crippen molar-refractivity contribution >= 4 is 21.8 Å². The Hall–Kier alpha value is -3.45. The minimum Gasteiger partial charge on any atom is -0.347 e. The molecule has 4 rings (SSSR count). The predicted molar refractivity (Wildman–Crippen MR) is 112 cm³/mol. The van der Waals surface area contributed by atoms with Crippen LogP contribution in [0.5, 0.6) is 0 Å². The molecule has 1 unspecified atom stereocenters. The number of benzene rings is 3. The minimum atomic E-state index is -4.03. The number of carbonyl (C=O) groups excluding carboxylic acids is 2. The zero-order chi connectivity index (χ0) is 21.1. The summed E-state index contributed by atoms with van der Waals surface area (Å²) in [6, 6.07) is 24.8. The monoisotopic (exact) mass is 420 g/mol. The molecule has 2 amide bonds. The number of carbonyl (C=O) groups is 2. The highest BCUT2D eigenvalue weighted by Gasteiger charge is 2.41. The van der Waals surface area contributed by atoms with Gasteiger partial charge in [0.15, 0.2) is 0 Å². The first-order chi connectivity index (χ1) is 14.5. The Morgan fingerprint density at radius 2 is 1.47 bits per heavy atom. The van der Waals surface area contributed by atoms with Crippen LogP contribution in [0.25, 0.3) is 0 Å². The molecule has 6 nitrogen and oxygen atoms in total. The predicted octanol–water partition coefficient (Wildman–Crippen LogP) is 2.93. The van der Waals surface area contributed by atoms with Gasteiger partial charge < -0.3 is 5.32 Å². The van der Waals surface area contributed by atoms with Gasteiger partial charge in [-0.3, -0.25) is 9.59 Å². The van der Waals surface area contributed by atoms with Crippen molar-refractivity contribution in [3.63, 3.8) is 0 Å². The fraction of sp³-hybridized carbons (Fsp3) is 0.130. The molecule has 0 saturated carbocycles. The molecule has 7 heteroatoms. The number of hydrogen-bond donors (Lipinski definition) is 1. The lowest BCUT2D eigenvalue weighted by atomic mass is 9.99. The van der Waals surface area contributed by atoms with Crippen LogP contribution >= 0.6 is 0 Å². The molecule has 0 spiro atoms. The summed E-state index contributed by atoms with van der Waals surface area (Å²) < 4.78 is 26.0. The Labute approximate surface area is 175 Å². The number of amides is 2. The maximum atomic E-state index is 12.8. The molecule has 0 radical (unpaired) electrons. The van der Waals surface area contributed by atoms with Crippen molar-refractivity contribution < 1.29 is 18.0 Å². The van der Waals surface area contributed by atoms with Crippen molar-refractivity contribution in [1.29, 1.82) is 0 Å². The second-order valence-electron chi connectivity index (χ2n) is 7.03. The van der Waals surface area contributed by atoms with Gasteiger partial charge in [-0.15, -0.1) is 0 Å². The second kappa shape index (κ2) is 8.12. The van der Waals surface area contributed by atoms with Crippen molar-refractivity contribution in [2.24, 2.45) is 0 Å². The summed E-state index contributed by atoms with van der Waals surface area (Å²) in [4.78, 5) is 25.3. The third kappa shape index (κ3) is 3.84. The normalized spacial score (nSPS) is 15.5. The van der Waals surface area contributed by atoms with E-state index in [0.29, 0.717) is 10.7 Å². The Kier molecular flexibility index (Phi) is 5.37. The van der Waals surface area contributed by atoms with Gasteiger partial charge in [-0.05, 0) is 29.7 Å². The standard InChI is InChI=1S/C23H20N2O4S/c26-22(16-25-23(27)19-13-7-8-14-21(19)30(25,28)29)24-20(18-11-5-2-6-12-18)15-17-9-3-1-4-10-17/h1-14,20H,15-16H2,(H,24,26). The average Bonchev–Trinajstić information content (AvgIpc) is 2.95. The van der Waals surface area contributed by atoms with E-state index in [-0.39, 0.29) is 16.5 Å². The Morgan fingerprint density at radius 1 is 0.867 bits per heavy atom. The van der Waals surface area contributed by atoms with Gasteiger partial charge in [0, 0.05) is 0 Å². The van der Waals surface area contributed by atoms with Crippen LogP contribution in [0.1, 0.15) is 27.5 Å². The van der Waals surface area contributed by atoms with Crippen LogP contribution in [0.3, 0.4) is 0 Å². The lowest BCUT2D eigenvalue weighted by Gasteiger charge is -2.21. The summed E-state index contributed by atoms with van der Waals surface area (Å²) in [7, 11) is -4.03. The number of nitrogens with zero attached hydrogens (tertiary/aromatic N) is 1. The molecule has 0 saturated heterocycles. The van der Waals surface area contributed by atoms with Crippen molar-refractivity contribution in [2.75, 3.05) is 6.54 Å². The Bertz CT molecular complexity index is 1180. The van der Waals surface area contributed by atoms with Crippen LogP contribution in [0.2, 0.25) is 0 Å². The van der Waals surface area contributed by atoms with Crippen LogP contribution in [-0.2, 0) is 21.2 Å². The SMILES string of the molecule is O=C(CN1C(=O)c2ccccc2S1(=O)=O)NC(Cc1ccccc1)c1ccccc1. The van der Waals surface area contributed by atoms with Gasteiger partial charge in [-0.25, -0.2) is 12.7 Å². The van der Waals surface area contributed by atoms with Gasteiger partial charge in [0.2, 0.25) is 5.91 Å². The number of hydrogen-bond acceptors (Lipinski definition) is 4. The van der Waals surface area contributed by atoms with Gasteiger partial charge in [0.05, 0.1) is 11.6 Å². The van der Waals surface area contributed by atoms with Gasteiger partial charge >= 0.3 is 0 Å². The summed E-state index contributed by atoms with van der Waals surface area (Å²) in [6.45, 7) is -0.562. The average molecular weight is 420 g/mol. The van der Waals surface area contributed by atoms with Gasteiger partial charge in [0.25, 0.3) is 15.9 Å². The van der Waals surface area contributed by atoms with Crippen LogP contribution in [0, 0.1) is 0 Å². The van der Waals surface area contributed by atoms with E-state index < -0.39 is 28.4 Å². The smallest absolute Gasteiger partial charge is 0.269 e. The topological polar surface area (TPSA) is 83.6 Å². The first-order valence-electron chi connectivity index (χ1n) is 9.51. The highest BCUT2D eigenvalue weighted by Crippen LogP contribution is 2.29. The summed E-state index contributed by atoms with van der Waals surface area (Å²) >= 11 is 0. The molecule has 30 heavy (non-hydrogen) atoms. The van der Waals surface area contributed by atoms with E-state index >= 15 is 0 Å². The van der Waals surface area contributed by atoms with Gasteiger partial charge in [-0.1, -0.05) is 72.8 Å².